The zero-order chi connectivity index (χ0) is 14.4. The topological polar surface area (TPSA) is 79.2 Å². The number of benzene rings is 1. The highest BCUT2D eigenvalue weighted by atomic mass is 16.2. The standard InChI is InChI=1S/C15H17N3O2/c16-8-4-10-18(12-5-2-1-3-6-12)15(20)13-11-17-9-7-14(13)19/h1-3,5-7,9,11H,4,8,10,16H2,(H,17,19). The van der Waals surface area contributed by atoms with Crippen LogP contribution >= 0.6 is 0 Å². The Morgan fingerprint density at radius 3 is 2.60 bits per heavy atom. The average molecular weight is 271 g/mol. The molecule has 5 heteroatoms. The molecule has 1 aromatic carbocycles. The maximum absolute atomic E-state index is 12.5. The summed E-state index contributed by atoms with van der Waals surface area (Å²) in [6, 6.07) is 10.6. The lowest BCUT2D eigenvalue weighted by Crippen LogP contribution is -2.35. The minimum atomic E-state index is -0.313. The molecule has 0 atom stereocenters. The molecule has 0 saturated heterocycles. The van der Waals surface area contributed by atoms with Gasteiger partial charge < -0.3 is 15.6 Å². The van der Waals surface area contributed by atoms with Crippen molar-refractivity contribution in [2.75, 3.05) is 18.0 Å². The van der Waals surface area contributed by atoms with Crippen LogP contribution in [-0.2, 0) is 0 Å². The summed E-state index contributed by atoms with van der Waals surface area (Å²) < 4.78 is 0. The fourth-order valence-corrected chi connectivity index (χ4v) is 1.93. The summed E-state index contributed by atoms with van der Waals surface area (Å²) in [6.07, 6.45) is 3.61. The summed E-state index contributed by atoms with van der Waals surface area (Å²) >= 11 is 0. The highest BCUT2D eigenvalue weighted by Crippen LogP contribution is 2.15. The Balaban J connectivity index is 2.34. The first-order valence-corrected chi connectivity index (χ1v) is 6.48. The number of amides is 1. The summed E-state index contributed by atoms with van der Waals surface area (Å²) in [7, 11) is 0. The van der Waals surface area contributed by atoms with Crippen molar-refractivity contribution in [2.24, 2.45) is 5.73 Å². The van der Waals surface area contributed by atoms with E-state index in [9.17, 15) is 9.59 Å². The Bertz CT molecular complexity index is 622. The minimum Gasteiger partial charge on any atom is -0.367 e. The van der Waals surface area contributed by atoms with Crippen LogP contribution in [0.1, 0.15) is 16.8 Å². The second-order valence-electron chi connectivity index (χ2n) is 4.36. The highest BCUT2D eigenvalue weighted by Gasteiger charge is 2.19. The molecule has 0 aliphatic heterocycles. The molecular formula is C15H17N3O2. The molecule has 2 rings (SSSR count). The molecule has 0 fully saturated rings. The van der Waals surface area contributed by atoms with Gasteiger partial charge in [-0.1, -0.05) is 18.2 Å². The molecule has 0 radical (unpaired) electrons. The fourth-order valence-electron chi connectivity index (χ4n) is 1.93. The molecular weight excluding hydrogens is 254 g/mol. The van der Waals surface area contributed by atoms with Crippen LogP contribution in [-0.4, -0.2) is 24.0 Å². The van der Waals surface area contributed by atoms with Crippen LogP contribution in [0.5, 0.6) is 0 Å². The highest BCUT2D eigenvalue weighted by molar-refractivity contribution is 6.05. The third kappa shape index (κ3) is 3.13. The maximum atomic E-state index is 12.5. The monoisotopic (exact) mass is 271 g/mol. The minimum absolute atomic E-state index is 0.133. The Labute approximate surface area is 117 Å². The molecule has 0 aliphatic rings. The quantitative estimate of drug-likeness (QED) is 0.862. The number of anilines is 1. The smallest absolute Gasteiger partial charge is 0.263 e. The number of nitrogens with one attached hydrogen (secondary N) is 1. The summed E-state index contributed by atoms with van der Waals surface area (Å²) in [5.41, 5.74) is 6.12. The zero-order valence-electron chi connectivity index (χ0n) is 11.1. The number of pyridine rings is 1. The van der Waals surface area contributed by atoms with Gasteiger partial charge in [-0.25, -0.2) is 0 Å². The van der Waals surface area contributed by atoms with Gasteiger partial charge in [0.1, 0.15) is 5.56 Å². The van der Waals surface area contributed by atoms with Crippen LogP contribution in [0.25, 0.3) is 0 Å². The SMILES string of the molecule is NCCCN(C(=O)c1c[nH]ccc1=O)c1ccccc1. The largest absolute Gasteiger partial charge is 0.367 e. The van der Waals surface area contributed by atoms with Gasteiger partial charge in [0.2, 0.25) is 0 Å². The summed E-state index contributed by atoms with van der Waals surface area (Å²) in [5.74, 6) is -0.313. The predicted molar refractivity (Wildman–Crippen MR) is 78.9 cm³/mol. The maximum Gasteiger partial charge on any atom is 0.263 e. The summed E-state index contributed by atoms with van der Waals surface area (Å²) in [6.45, 7) is 0.968. The van der Waals surface area contributed by atoms with E-state index in [0.717, 1.165) is 5.69 Å². The predicted octanol–water partition coefficient (Wildman–Crippen LogP) is 1.37. The first-order chi connectivity index (χ1) is 9.74. The van der Waals surface area contributed by atoms with Crippen molar-refractivity contribution >= 4 is 11.6 Å². The van der Waals surface area contributed by atoms with E-state index in [4.69, 9.17) is 5.73 Å². The van der Waals surface area contributed by atoms with Gasteiger partial charge in [0.25, 0.3) is 5.91 Å². The molecule has 20 heavy (non-hydrogen) atoms. The molecule has 5 nitrogen and oxygen atoms in total. The number of H-pyrrole nitrogens is 1. The molecule has 0 bridgehead atoms. The van der Waals surface area contributed by atoms with E-state index in [0.29, 0.717) is 19.5 Å². The number of rotatable bonds is 5. The Morgan fingerprint density at radius 2 is 1.95 bits per heavy atom. The van der Waals surface area contributed by atoms with Crippen LogP contribution in [0.3, 0.4) is 0 Å². The molecule has 0 unspecified atom stereocenters. The van der Waals surface area contributed by atoms with Gasteiger partial charge in [-0.05, 0) is 25.1 Å². The lowest BCUT2D eigenvalue weighted by Gasteiger charge is -2.22. The lowest BCUT2D eigenvalue weighted by molar-refractivity contribution is 0.0985. The van der Waals surface area contributed by atoms with Crippen molar-refractivity contribution in [3.8, 4) is 0 Å². The van der Waals surface area contributed by atoms with Crippen molar-refractivity contribution in [1.29, 1.82) is 0 Å². The zero-order valence-corrected chi connectivity index (χ0v) is 11.1. The molecule has 1 amide bonds. The molecule has 0 aliphatic carbocycles. The van der Waals surface area contributed by atoms with E-state index in [1.165, 1.54) is 18.5 Å². The van der Waals surface area contributed by atoms with Crippen LogP contribution in [0.2, 0.25) is 0 Å². The Kier molecular flexibility index (Phi) is 4.68. The number of nitrogens with zero attached hydrogens (tertiary/aromatic N) is 1. The number of nitrogens with two attached hydrogens (primary N) is 1. The number of hydrogen-bond acceptors (Lipinski definition) is 3. The van der Waals surface area contributed by atoms with Crippen LogP contribution in [0.4, 0.5) is 5.69 Å². The first-order valence-electron chi connectivity index (χ1n) is 6.48. The van der Waals surface area contributed by atoms with Gasteiger partial charge in [-0.15, -0.1) is 0 Å². The van der Waals surface area contributed by atoms with Gasteiger partial charge in [0.15, 0.2) is 5.43 Å². The number of para-hydroxylation sites is 1. The van der Waals surface area contributed by atoms with Gasteiger partial charge in [-0.3, -0.25) is 9.59 Å². The Hall–Kier alpha value is -2.40. The Morgan fingerprint density at radius 1 is 1.20 bits per heavy atom. The molecule has 104 valence electrons. The van der Waals surface area contributed by atoms with Crippen molar-refractivity contribution in [1.82, 2.24) is 4.98 Å². The number of carbonyl (C=O) groups excluding carboxylic acids is 1. The van der Waals surface area contributed by atoms with E-state index in [1.807, 2.05) is 30.3 Å². The van der Waals surface area contributed by atoms with Gasteiger partial charge >= 0.3 is 0 Å². The van der Waals surface area contributed by atoms with Crippen molar-refractivity contribution in [2.45, 2.75) is 6.42 Å². The molecule has 1 heterocycles. The van der Waals surface area contributed by atoms with E-state index in [-0.39, 0.29) is 16.9 Å². The van der Waals surface area contributed by atoms with Gasteiger partial charge in [0.05, 0.1) is 0 Å². The second kappa shape index (κ2) is 6.68. The first kappa shape index (κ1) is 14.0. The number of carbonyl (C=O) groups is 1. The van der Waals surface area contributed by atoms with Crippen molar-refractivity contribution < 1.29 is 4.79 Å². The molecule has 3 N–H and O–H groups in total. The molecule has 1 aromatic heterocycles. The van der Waals surface area contributed by atoms with Crippen LogP contribution < -0.4 is 16.1 Å². The van der Waals surface area contributed by atoms with E-state index >= 15 is 0 Å². The van der Waals surface area contributed by atoms with E-state index in [1.54, 1.807) is 4.90 Å². The number of aromatic amines is 1. The fraction of sp³-hybridized carbons (Fsp3) is 0.200. The van der Waals surface area contributed by atoms with E-state index < -0.39 is 0 Å². The summed E-state index contributed by atoms with van der Waals surface area (Å²) in [4.78, 5) is 28.7. The third-order valence-electron chi connectivity index (χ3n) is 2.95. The lowest BCUT2D eigenvalue weighted by atomic mass is 10.2. The third-order valence-corrected chi connectivity index (χ3v) is 2.95. The second-order valence-corrected chi connectivity index (χ2v) is 4.36. The van der Waals surface area contributed by atoms with Crippen molar-refractivity contribution in [3.63, 3.8) is 0 Å². The summed E-state index contributed by atoms with van der Waals surface area (Å²) in [5, 5.41) is 0. The normalized spacial score (nSPS) is 10.2. The molecule has 2 aromatic rings. The number of aromatic nitrogens is 1. The van der Waals surface area contributed by atoms with Gasteiger partial charge in [0, 0.05) is 30.7 Å². The average Bonchev–Trinajstić information content (AvgIpc) is 2.49. The number of hydrogen-bond donors (Lipinski definition) is 2. The van der Waals surface area contributed by atoms with E-state index in [2.05, 4.69) is 4.98 Å². The van der Waals surface area contributed by atoms with Gasteiger partial charge in [-0.2, -0.15) is 0 Å². The molecule has 0 spiro atoms. The molecule has 0 saturated carbocycles. The van der Waals surface area contributed by atoms with Crippen molar-refractivity contribution in [3.05, 3.63) is 64.6 Å². The van der Waals surface area contributed by atoms with Crippen LogP contribution in [0, 0.1) is 0 Å². The van der Waals surface area contributed by atoms with Crippen LogP contribution in [0.15, 0.2) is 53.6 Å².